The highest BCUT2D eigenvalue weighted by Crippen LogP contribution is 2.06. The number of esters is 1. The summed E-state index contributed by atoms with van der Waals surface area (Å²) in [4.78, 5) is 25.5. The molecule has 0 aliphatic carbocycles. The van der Waals surface area contributed by atoms with Crippen LogP contribution in [0.15, 0.2) is 0 Å². The average Bonchev–Trinajstić information content (AvgIpc) is 2.41. The fraction of sp³-hybridized carbons (Fsp3) is 0.857. The molecule has 0 aromatic carbocycles. The van der Waals surface area contributed by atoms with Gasteiger partial charge in [-0.2, -0.15) is 0 Å². The molecule has 0 bridgehead atoms. The lowest BCUT2D eigenvalue weighted by Gasteiger charge is -2.22. The molecule has 0 aliphatic rings. The van der Waals surface area contributed by atoms with Gasteiger partial charge in [0.15, 0.2) is 0 Å². The Bertz CT molecular complexity index is 295. The molecule has 0 fully saturated rings. The number of nitrogens with zero attached hydrogens (tertiary/aromatic N) is 1. The van der Waals surface area contributed by atoms with E-state index in [1.165, 1.54) is 7.11 Å². The highest BCUT2D eigenvalue weighted by Gasteiger charge is 2.23. The molecule has 0 saturated carbocycles. The van der Waals surface area contributed by atoms with Gasteiger partial charge in [0.25, 0.3) is 0 Å². The predicted octanol–water partition coefficient (Wildman–Crippen LogP) is 0.395. The number of ether oxygens (including phenoxy) is 1. The summed E-state index contributed by atoms with van der Waals surface area (Å²) in [6.07, 6.45) is 1.19. The summed E-state index contributed by atoms with van der Waals surface area (Å²) in [5.74, 6) is -0.317. The van der Waals surface area contributed by atoms with Crippen LogP contribution in [0.4, 0.5) is 0 Å². The van der Waals surface area contributed by atoms with Crippen molar-refractivity contribution in [3.63, 3.8) is 0 Å². The number of hydrogen-bond acceptors (Lipinski definition) is 5. The van der Waals surface area contributed by atoms with E-state index in [-0.39, 0.29) is 25.0 Å². The summed E-state index contributed by atoms with van der Waals surface area (Å²) in [6.45, 7) is 7.65. The van der Waals surface area contributed by atoms with Gasteiger partial charge in [-0.15, -0.1) is 0 Å². The molecule has 0 spiro atoms. The van der Waals surface area contributed by atoms with Crippen molar-refractivity contribution in [3.8, 4) is 0 Å². The molecule has 6 nitrogen and oxygen atoms in total. The van der Waals surface area contributed by atoms with E-state index in [2.05, 4.69) is 5.32 Å². The van der Waals surface area contributed by atoms with Crippen LogP contribution in [0.25, 0.3) is 0 Å². The van der Waals surface area contributed by atoms with Gasteiger partial charge < -0.3 is 15.2 Å². The van der Waals surface area contributed by atoms with Crippen molar-refractivity contribution in [1.29, 1.82) is 0 Å². The van der Waals surface area contributed by atoms with E-state index < -0.39 is 12.0 Å². The minimum absolute atomic E-state index is 0.107. The van der Waals surface area contributed by atoms with Gasteiger partial charge in [0.2, 0.25) is 5.91 Å². The van der Waals surface area contributed by atoms with Crippen molar-refractivity contribution < 1.29 is 19.4 Å². The number of likely N-dealkylation sites (N-methyl/N-ethyl adjacent to an activating group) is 1. The number of rotatable bonds is 10. The van der Waals surface area contributed by atoms with Crippen LogP contribution in [-0.2, 0) is 14.3 Å². The Hall–Kier alpha value is -1.14. The average molecular weight is 288 g/mol. The molecule has 0 radical (unpaired) electrons. The Balaban J connectivity index is 4.39. The number of amides is 1. The van der Waals surface area contributed by atoms with E-state index in [0.29, 0.717) is 19.4 Å². The monoisotopic (exact) mass is 288 g/mol. The quantitative estimate of drug-likeness (QED) is 0.569. The van der Waals surface area contributed by atoms with E-state index in [0.717, 1.165) is 6.54 Å². The Labute approximate surface area is 121 Å². The van der Waals surface area contributed by atoms with E-state index in [9.17, 15) is 9.59 Å². The molecule has 1 amide bonds. The third-order valence-corrected chi connectivity index (χ3v) is 2.97. The lowest BCUT2D eigenvalue weighted by atomic mass is 10.0. The molecule has 0 aromatic heterocycles. The highest BCUT2D eigenvalue weighted by atomic mass is 16.5. The van der Waals surface area contributed by atoms with Crippen molar-refractivity contribution in [2.24, 2.45) is 5.92 Å². The maximum Gasteiger partial charge on any atom is 0.328 e. The number of aliphatic hydroxyl groups is 1. The van der Waals surface area contributed by atoms with Crippen molar-refractivity contribution in [2.75, 3.05) is 33.4 Å². The molecule has 0 saturated heterocycles. The van der Waals surface area contributed by atoms with Gasteiger partial charge >= 0.3 is 5.97 Å². The van der Waals surface area contributed by atoms with Gasteiger partial charge in [0.05, 0.1) is 13.7 Å². The smallest absolute Gasteiger partial charge is 0.328 e. The Morgan fingerprint density at radius 1 is 1.35 bits per heavy atom. The first-order valence-electron chi connectivity index (χ1n) is 7.14. The Morgan fingerprint density at radius 2 is 2.00 bits per heavy atom. The molecule has 0 heterocycles. The summed E-state index contributed by atoms with van der Waals surface area (Å²) in [6, 6.07) is -0.593. The third kappa shape index (κ3) is 8.12. The number of carbonyl (C=O) groups excluding carboxylic acids is 2. The molecule has 0 rings (SSSR count). The molecule has 0 aliphatic heterocycles. The fourth-order valence-electron chi connectivity index (χ4n) is 1.91. The number of carbonyl (C=O) groups is 2. The second kappa shape index (κ2) is 10.6. The number of hydrogen-bond donors (Lipinski definition) is 2. The lowest BCUT2D eigenvalue weighted by molar-refractivity contribution is -0.145. The fourth-order valence-corrected chi connectivity index (χ4v) is 1.91. The topological polar surface area (TPSA) is 78.9 Å². The first-order valence-corrected chi connectivity index (χ1v) is 7.14. The second-order valence-corrected chi connectivity index (χ2v) is 5.22. The molecule has 1 atom stereocenters. The molecule has 20 heavy (non-hydrogen) atoms. The zero-order chi connectivity index (χ0) is 15.5. The maximum absolute atomic E-state index is 12.0. The molecule has 1 unspecified atom stereocenters. The first-order chi connectivity index (χ1) is 9.44. The minimum atomic E-state index is -0.593. The minimum Gasteiger partial charge on any atom is -0.467 e. The first kappa shape index (κ1) is 18.9. The van der Waals surface area contributed by atoms with Crippen molar-refractivity contribution in [3.05, 3.63) is 0 Å². The van der Waals surface area contributed by atoms with Gasteiger partial charge in [0, 0.05) is 13.2 Å². The summed E-state index contributed by atoms with van der Waals surface area (Å²) in [7, 11) is 1.32. The third-order valence-electron chi connectivity index (χ3n) is 2.97. The normalized spacial score (nSPS) is 12.6. The summed E-state index contributed by atoms with van der Waals surface area (Å²) in [5, 5.41) is 11.5. The molecular formula is C14H28N2O4. The van der Waals surface area contributed by atoms with Gasteiger partial charge in [-0.25, -0.2) is 4.79 Å². The molecule has 118 valence electrons. The van der Waals surface area contributed by atoms with Crippen molar-refractivity contribution in [2.45, 2.75) is 39.7 Å². The Kier molecular flexibility index (Phi) is 10.0. The van der Waals surface area contributed by atoms with Gasteiger partial charge in [-0.1, -0.05) is 20.8 Å². The lowest BCUT2D eigenvalue weighted by Crippen LogP contribution is -2.46. The Morgan fingerprint density at radius 3 is 2.45 bits per heavy atom. The second-order valence-electron chi connectivity index (χ2n) is 5.22. The number of aliphatic hydroxyl groups excluding tert-OH is 1. The standard InChI is InChI=1S/C14H28N2O4/c1-5-16(7-6-8-17)10-13(18)15-12(9-11(2)3)14(19)20-4/h11-12,17H,5-10H2,1-4H3,(H,15,18). The van der Waals surface area contributed by atoms with E-state index in [4.69, 9.17) is 9.84 Å². The van der Waals surface area contributed by atoms with Gasteiger partial charge in [-0.3, -0.25) is 9.69 Å². The van der Waals surface area contributed by atoms with Crippen LogP contribution in [0.2, 0.25) is 0 Å². The summed E-state index contributed by atoms with van der Waals surface area (Å²) >= 11 is 0. The van der Waals surface area contributed by atoms with E-state index >= 15 is 0 Å². The molecule has 2 N–H and O–H groups in total. The van der Waals surface area contributed by atoms with Crippen LogP contribution in [-0.4, -0.2) is 61.3 Å². The molecular weight excluding hydrogens is 260 g/mol. The van der Waals surface area contributed by atoms with Crippen molar-refractivity contribution in [1.82, 2.24) is 10.2 Å². The molecule has 0 aromatic rings. The van der Waals surface area contributed by atoms with Gasteiger partial charge in [-0.05, 0) is 25.3 Å². The number of methoxy groups -OCH3 is 1. The van der Waals surface area contributed by atoms with Crippen LogP contribution >= 0.6 is 0 Å². The summed E-state index contributed by atoms with van der Waals surface area (Å²) < 4.78 is 4.71. The maximum atomic E-state index is 12.0. The number of nitrogens with one attached hydrogen (secondary N) is 1. The SMILES string of the molecule is CCN(CCCO)CC(=O)NC(CC(C)C)C(=O)OC. The highest BCUT2D eigenvalue weighted by molar-refractivity contribution is 5.85. The zero-order valence-electron chi connectivity index (χ0n) is 13.0. The van der Waals surface area contributed by atoms with Crippen LogP contribution < -0.4 is 5.32 Å². The van der Waals surface area contributed by atoms with E-state index in [1.54, 1.807) is 0 Å². The van der Waals surface area contributed by atoms with E-state index in [1.807, 2.05) is 25.7 Å². The van der Waals surface area contributed by atoms with Crippen LogP contribution in [0, 0.1) is 5.92 Å². The predicted molar refractivity (Wildman–Crippen MR) is 77.2 cm³/mol. The van der Waals surface area contributed by atoms with Crippen LogP contribution in [0.1, 0.15) is 33.6 Å². The molecule has 6 heteroatoms. The van der Waals surface area contributed by atoms with Gasteiger partial charge in [0.1, 0.15) is 6.04 Å². The van der Waals surface area contributed by atoms with Crippen LogP contribution in [0.5, 0.6) is 0 Å². The largest absolute Gasteiger partial charge is 0.467 e. The van der Waals surface area contributed by atoms with Crippen LogP contribution in [0.3, 0.4) is 0 Å². The summed E-state index contributed by atoms with van der Waals surface area (Å²) in [5.41, 5.74) is 0. The van der Waals surface area contributed by atoms with Crippen molar-refractivity contribution >= 4 is 11.9 Å². The zero-order valence-corrected chi connectivity index (χ0v) is 13.0.